The van der Waals surface area contributed by atoms with Crippen LogP contribution >= 0.6 is 0 Å². The topological polar surface area (TPSA) is 89.2 Å². The molecule has 0 amide bonds. The molecule has 1 aliphatic rings. The number of fused-ring (bicyclic) bond motifs is 2. The summed E-state index contributed by atoms with van der Waals surface area (Å²) < 4.78 is 30.1. The lowest BCUT2D eigenvalue weighted by atomic mass is 10.1. The van der Waals surface area contributed by atoms with Gasteiger partial charge in [-0.05, 0) is 30.3 Å². The van der Waals surface area contributed by atoms with Crippen molar-refractivity contribution in [3.05, 3.63) is 54.5 Å². The molecule has 1 atom stereocenters. The Bertz CT molecular complexity index is 1260. The van der Waals surface area contributed by atoms with Crippen LogP contribution in [0, 0.1) is 0 Å². The highest BCUT2D eigenvalue weighted by Gasteiger charge is 2.27. The van der Waals surface area contributed by atoms with Crippen LogP contribution in [0.15, 0.2) is 48.7 Å². The molecule has 1 aliphatic heterocycles. The van der Waals surface area contributed by atoms with E-state index in [4.69, 9.17) is 23.7 Å². The second-order valence-corrected chi connectivity index (χ2v) is 6.76. The minimum absolute atomic E-state index is 0.308. The van der Waals surface area contributed by atoms with Crippen molar-refractivity contribution in [3.63, 3.8) is 0 Å². The number of rotatable bonds is 5. The zero-order valence-corrected chi connectivity index (χ0v) is 17.2. The molecule has 0 N–H and O–H groups in total. The fourth-order valence-corrected chi connectivity index (χ4v) is 3.60. The molecule has 0 aliphatic carbocycles. The summed E-state index contributed by atoms with van der Waals surface area (Å²) in [6.45, 7) is 0.308. The molecule has 0 fully saturated rings. The second kappa shape index (κ2) is 7.67. The van der Waals surface area contributed by atoms with E-state index in [1.54, 1.807) is 32.0 Å². The molecular formula is C22H20N4O5. The average molecular weight is 420 g/mol. The van der Waals surface area contributed by atoms with Gasteiger partial charge in [-0.1, -0.05) is 12.1 Å². The van der Waals surface area contributed by atoms with E-state index in [0.717, 1.165) is 11.3 Å². The summed E-state index contributed by atoms with van der Waals surface area (Å²) in [7, 11) is 4.73. The molecule has 4 aromatic rings. The number of ether oxygens (including phenoxy) is 5. The molecule has 31 heavy (non-hydrogen) atoms. The van der Waals surface area contributed by atoms with Crippen molar-refractivity contribution in [2.75, 3.05) is 27.9 Å². The first-order valence-corrected chi connectivity index (χ1v) is 9.63. The molecule has 158 valence electrons. The van der Waals surface area contributed by atoms with Crippen LogP contribution in [0.2, 0.25) is 0 Å². The lowest BCUT2D eigenvalue weighted by Crippen LogP contribution is -2.22. The van der Waals surface area contributed by atoms with Crippen LogP contribution in [-0.4, -0.2) is 47.5 Å². The van der Waals surface area contributed by atoms with Crippen molar-refractivity contribution in [1.82, 2.24) is 19.6 Å². The van der Waals surface area contributed by atoms with E-state index >= 15 is 0 Å². The third kappa shape index (κ3) is 3.14. The molecule has 0 radical (unpaired) electrons. The van der Waals surface area contributed by atoms with Crippen LogP contribution < -0.4 is 23.7 Å². The predicted molar refractivity (Wildman–Crippen MR) is 111 cm³/mol. The summed E-state index contributed by atoms with van der Waals surface area (Å²) in [6.07, 6.45) is 1.23. The Morgan fingerprint density at radius 2 is 1.74 bits per heavy atom. The lowest BCUT2D eigenvalue weighted by molar-refractivity contribution is 0.0852. The van der Waals surface area contributed by atoms with Gasteiger partial charge in [-0.3, -0.25) is 0 Å². The predicted octanol–water partition coefficient (Wildman–Crippen LogP) is 3.33. The van der Waals surface area contributed by atoms with E-state index in [1.165, 1.54) is 0 Å². The van der Waals surface area contributed by atoms with E-state index in [0.29, 0.717) is 47.0 Å². The number of hydrogen-bond donors (Lipinski definition) is 0. The SMILES string of the molecule is COc1ccc(-c2ccnc3nc(C4COc5ccccc5O4)nn23)c(OC)c1OC. The zero-order chi connectivity index (χ0) is 21.4. The maximum Gasteiger partial charge on any atom is 0.253 e. The van der Waals surface area contributed by atoms with Crippen molar-refractivity contribution in [2.45, 2.75) is 6.10 Å². The van der Waals surface area contributed by atoms with Crippen LogP contribution in [0.5, 0.6) is 28.7 Å². The first-order chi connectivity index (χ1) is 15.2. The van der Waals surface area contributed by atoms with Gasteiger partial charge in [0.2, 0.25) is 5.75 Å². The van der Waals surface area contributed by atoms with Gasteiger partial charge in [0.15, 0.2) is 34.9 Å². The third-order valence-corrected chi connectivity index (χ3v) is 5.03. The van der Waals surface area contributed by atoms with Crippen molar-refractivity contribution in [3.8, 4) is 40.0 Å². The van der Waals surface area contributed by atoms with Gasteiger partial charge in [-0.2, -0.15) is 9.50 Å². The van der Waals surface area contributed by atoms with Crippen LogP contribution in [0.4, 0.5) is 0 Å². The van der Waals surface area contributed by atoms with Crippen LogP contribution in [0.3, 0.4) is 0 Å². The normalized spacial score (nSPS) is 15.0. The van der Waals surface area contributed by atoms with E-state index in [9.17, 15) is 0 Å². The Morgan fingerprint density at radius 1 is 0.935 bits per heavy atom. The molecule has 3 heterocycles. The van der Waals surface area contributed by atoms with Crippen molar-refractivity contribution in [1.29, 1.82) is 0 Å². The van der Waals surface area contributed by atoms with Gasteiger partial charge in [0, 0.05) is 11.8 Å². The molecule has 0 saturated heterocycles. The van der Waals surface area contributed by atoms with Gasteiger partial charge in [0.25, 0.3) is 5.78 Å². The summed E-state index contributed by atoms with van der Waals surface area (Å²) in [5.41, 5.74) is 1.49. The van der Waals surface area contributed by atoms with Crippen LogP contribution in [0.25, 0.3) is 17.0 Å². The molecule has 2 aromatic carbocycles. The second-order valence-electron chi connectivity index (χ2n) is 6.76. The third-order valence-electron chi connectivity index (χ3n) is 5.03. The first kappa shape index (κ1) is 19.0. The molecule has 9 nitrogen and oxygen atoms in total. The fraction of sp³-hybridized carbons (Fsp3) is 0.227. The number of nitrogens with zero attached hydrogens (tertiary/aromatic N) is 4. The quantitative estimate of drug-likeness (QED) is 0.486. The van der Waals surface area contributed by atoms with E-state index in [-0.39, 0.29) is 0 Å². The monoisotopic (exact) mass is 420 g/mol. The molecule has 0 bridgehead atoms. The van der Waals surface area contributed by atoms with Crippen molar-refractivity contribution < 1.29 is 23.7 Å². The Hall–Kier alpha value is -4.01. The summed E-state index contributed by atoms with van der Waals surface area (Å²) in [5.74, 6) is 3.87. The summed E-state index contributed by atoms with van der Waals surface area (Å²) >= 11 is 0. The zero-order valence-electron chi connectivity index (χ0n) is 17.2. The minimum Gasteiger partial charge on any atom is -0.493 e. The Balaban J connectivity index is 1.59. The van der Waals surface area contributed by atoms with Gasteiger partial charge in [0.1, 0.15) is 6.61 Å². The van der Waals surface area contributed by atoms with Crippen molar-refractivity contribution >= 4 is 5.78 Å². The van der Waals surface area contributed by atoms with E-state index < -0.39 is 6.10 Å². The highest BCUT2D eigenvalue weighted by Crippen LogP contribution is 2.44. The molecule has 1 unspecified atom stereocenters. The lowest BCUT2D eigenvalue weighted by Gasteiger charge is -2.24. The minimum atomic E-state index is -0.447. The van der Waals surface area contributed by atoms with Crippen LogP contribution in [-0.2, 0) is 0 Å². The molecule has 9 heteroatoms. The molecular weight excluding hydrogens is 400 g/mol. The number of aromatic nitrogens is 4. The molecule has 0 spiro atoms. The van der Waals surface area contributed by atoms with Gasteiger partial charge < -0.3 is 23.7 Å². The average Bonchev–Trinajstić information content (AvgIpc) is 3.27. The first-order valence-electron chi connectivity index (χ1n) is 9.63. The Morgan fingerprint density at radius 3 is 2.52 bits per heavy atom. The fourth-order valence-electron chi connectivity index (χ4n) is 3.60. The number of methoxy groups -OCH3 is 3. The maximum absolute atomic E-state index is 6.05. The van der Waals surface area contributed by atoms with E-state index in [2.05, 4.69) is 15.1 Å². The van der Waals surface area contributed by atoms with Gasteiger partial charge in [-0.25, -0.2) is 4.98 Å². The Labute approximate surface area is 178 Å². The molecule has 0 saturated carbocycles. The van der Waals surface area contributed by atoms with Crippen molar-refractivity contribution in [2.24, 2.45) is 0 Å². The van der Waals surface area contributed by atoms with Gasteiger partial charge >= 0.3 is 0 Å². The standard InChI is InChI=1S/C22H20N4O5/c1-27-17-9-8-13(19(28-2)20(17)29-3)14-10-11-23-22-24-21(25-26(14)22)18-12-30-15-6-4-5-7-16(15)31-18/h4-11,18H,12H2,1-3H3. The summed E-state index contributed by atoms with van der Waals surface area (Å²) in [6, 6.07) is 13.1. The number of benzene rings is 2. The summed E-state index contributed by atoms with van der Waals surface area (Å²) in [4.78, 5) is 8.92. The summed E-state index contributed by atoms with van der Waals surface area (Å²) in [5, 5.41) is 4.67. The Kier molecular flexibility index (Phi) is 4.70. The van der Waals surface area contributed by atoms with Crippen LogP contribution in [0.1, 0.15) is 11.9 Å². The van der Waals surface area contributed by atoms with Gasteiger partial charge in [-0.15, -0.1) is 5.10 Å². The highest BCUT2D eigenvalue weighted by atomic mass is 16.6. The number of para-hydroxylation sites is 2. The molecule has 5 rings (SSSR count). The smallest absolute Gasteiger partial charge is 0.253 e. The number of hydrogen-bond acceptors (Lipinski definition) is 8. The molecule has 2 aromatic heterocycles. The maximum atomic E-state index is 6.05. The van der Waals surface area contributed by atoms with Gasteiger partial charge in [0.05, 0.1) is 27.0 Å². The highest BCUT2D eigenvalue weighted by molar-refractivity contribution is 5.75. The van der Waals surface area contributed by atoms with E-state index in [1.807, 2.05) is 42.5 Å². The largest absolute Gasteiger partial charge is 0.493 e.